The molecule has 0 saturated heterocycles. The van der Waals surface area contributed by atoms with Gasteiger partial charge in [-0.1, -0.05) is 42.5 Å². The fourth-order valence-electron chi connectivity index (χ4n) is 3.32. The number of sulfone groups is 1. The number of allylic oxidation sites excluding steroid dienone is 1. The Hall–Kier alpha value is -2.05. The number of methoxy groups -OCH3 is 1. The van der Waals surface area contributed by atoms with Crippen LogP contribution in [0.15, 0.2) is 59.5 Å². The summed E-state index contributed by atoms with van der Waals surface area (Å²) in [6, 6.07) is 17.2. The normalized spacial score (nSPS) is 17.2. The van der Waals surface area contributed by atoms with Gasteiger partial charge in [-0.25, -0.2) is 8.42 Å². The third-order valence-corrected chi connectivity index (χ3v) is 7.05. The van der Waals surface area contributed by atoms with Crippen molar-refractivity contribution in [2.75, 3.05) is 19.1 Å². The topological polar surface area (TPSA) is 60.4 Å². The summed E-state index contributed by atoms with van der Waals surface area (Å²) in [6.07, 6.45) is 3.04. The first-order valence-corrected chi connectivity index (χ1v) is 11.6. The van der Waals surface area contributed by atoms with Crippen molar-refractivity contribution in [2.45, 2.75) is 23.0 Å². The second-order valence-electron chi connectivity index (χ2n) is 6.47. The van der Waals surface area contributed by atoms with Crippen molar-refractivity contribution in [3.8, 4) is 0 Å². The lowest BCUT2D eigenvalue weighted by Crippen LogP contribution is -2.09. The lowest BCUT2D eigenvalue weighted by molar-refractivity contribution is -0.137. The summed E-state index contributed by atoms with van der Waals surface area (Å²) in [4.78, 5) is 11.9. The lowest BCUT2D eigenvalue weighted by atomic mass is 9.97. The quantitative estimate of drug-likeness (QED) is 0.682. The molecule has 2 aromatic rings. The van der Waals surface area contributed by atoms with Crippen LogP contribution in [0, 0.1) is 0 Å². The summed E-state index contributed by atoms with van der Waals surface area (Å²) in [7, 11) is -1.81. The number of benzene rings is 2. The Labute approximate surface area is 164 Å². The monoisotopic (exact) mass is 402 g/mol. The highest BCUT2D eigenvalue weighted by Gasteiger charge is 2.28. The van der Waals surface area contributed by atoms with E-state index in [2.05, 4.69) is 12.1 Å². The van der Waals surface area contributed by atoms with E-state index in [0.29, 0.717) is 10.6 Å². The van der Waals surface area contributed by atoms with E-state index in [0.717, 1.165) is 24.0 Å². The fraction of sp³-hybridized carbons (Fsp3) is 0.286. The molecule has 0 saturated carbocycles. The van der Waals surface area contributed by atoms with Gasteiger partial charge in [-0.15, -0.1) is 11.8 Å². The molecule has 0 heterocycles. The van der Waals surface area contributed by atoms with Gasteiger partial charge in [0.15, 0.2) is 9.84 Å². The molecule has 2 aromatic carbocycles. The molecule has 1 aliphatic carbocycles. The van der Waals surface area contributed by atoms with Gasteiger partial charge in [-0.05, 0) is 47.2 Å². The van der Waals surface area contributed by atoms with Crippen molar-refractivity contribution in [1.82, 2.24) is 0 Å². The number of carbonyl (C=O) groups excluding carboxylic acids is 1. The molecule has 1 unspecified atom stereocenters. The number of rotatable bonds is 6. The van der Waals surface area contributed by atoms with Crippen molar-refractivity contribution >= 4 is 38.7 Å². The Morgan fingerprint density at radius 3 is 2.33 bits per heavy atom. The van der Waals surface area contributed by atoms with E-state index in [1.807, 2.05) is 30.3 Å². The first kappa shape index (κ1) is 19.7. The summed E-state index contributed by atoms with van der Waals surface area (Å²) in [5.41, 5.74) is 4.60. The molecule has 0 aromatic heterocycles. The van der Waals surface area contributed by atoms with Gasteiger partial charge in [-0.3, -0.25) is 4.79 Å². The molecule has 6 heteroatoms. The predicted octanol–water partition coefficient (Wildman–Crippen LogP) is 4.07. The van der Waals surface area contributed by atoms with Gasteiger partial charge in [0.2, 0.25) is 0 Å². The number of ether oxygens (including phenoxy) is 1. The van der Waals surface area contributed by atoms with Crippen molar-refractivity contribution in [2.24, 2.45) is 0 Å². The van der Waals surface area contributed by atoms with Crippen molar-refractivity contribution in [3.05, 3.63) is 65.7 Å². The average Bonchev–Trinajstić information content (AvgIpc) is 3.10. The molecule has 0 aliphatic heterocycles. The molecular weight excluding hydrogens is 380 g/mol. The Bertz CT molecular complexity index is 945. The largest absolute Gasteiger partial charge is 0.468 e. The van der Waals surface area contributed by atoms with Crippen LogP contribution in [0.25, 0.3) is 11.1 Å². The van der Waals surface area contributed by atoms with Crippen LogP contribution in [0.1, 0.15) is 24.0 Å². The Balaban J connectivity index is 1.99. The highest BCUT2D eigenvalue weighted by Crippen LogP contribution is 2.45. The van der Waals surface area contributed by atoms with Crippen LogP contribution in [-0.4, -0.2) is 38.8 Å². The van der Waals surface area contributed by atoms with Gasteiger partial charge < -0.3 is 4.74 Å². The van der Waals surface area contributed by atoms with Crippen LogP contribution < -0.4 is 0 Å². The Morgan fingerprint density at radius 2 is 1.74 bits per heavy atom. The van der Waals surface area contributed by atoms with E-state index >= 15 is 0 Å². The predicted molar refractivity (Wildman–Crippen MR) is 110 cm³/mol. The number of esters is 1. The van der Waals surface area contributed by atoms with Gasteiger partial charge in [-0.2, -0.15) is 0 Å². The van der Waals surface area contributed by atoms with Crippen LogP contribution in [0.3, 0.4) is 0 Å². The highest BCUT2D eigenvalue weighted by molar-refractivity contribution is 8.01. The summed E-state index contributed by atoms with van der Waals surface area (Å²) in [6.45, 7) is 0. The molecule has 142 valence electrons. The summed E-state index contributed by atoms with van der Waals surface area (Å²) in [5, 5.41) is 0.205. The summed E-state index contributed by atoms with van der Waals surface area (Å²) >= 11 is 1.60. The van der Waals surface area contributed by atoms with Gasteiger partial charge in [0.1, 0.15) is 0 Å². The first-order chi connectivity index (χ1) is 12.9. The average molecular weight is 403 g/mol. The highest BCUT2D eigenvalue weighted by atomic mass is 32.2. The SMILES string of the molecule is COC(=O)CSC1CCC(c2ccc(S(C)(=O)=O)cc2)=C1c1ccccc1. The molecule has 0 radical (unpaired) electrons. The van der Waals surface area contributed by atoms with Crippen LogP contribution in [0.5, 0.6) is 0 Å². The molecule has 1 aliphatic rings. The third kappa shape index (κ3) is 4.62. The van der Waals surface area contributed by atoms with Gasteiger partial charge in [0.25, 0.3) is 0 Å². The third-order valence-electron chi connectivity index (χ3n) is 4.65. The van der Waals surface area contributed by atoms with E-state index in [-0.39, 0.29) is 11.2 Å². The maximum Gasteiger partial charge on any atom is 0.315 e. The molecule has 4 nitrogen and oxygen atoms in total. The maximum atomic E-state index is 11.7. The van der Waals surface area contributed by atoms with E-state index in [1.165, 1.54) is 24.5 Å². The zero-order chi connectivity index (χ0) is 19.4. The molecular formula is C21H22O4S2. The molecule has 3 rings (SSSR count). The van der Waals surface area contributed by atoms with Gasteiger partial charge >= 0.3 is 5.97 Å². The number of thioether (sulfide) groups is 1. The summed E-state index contributed by atoms with van der Waals surface area (Å²) < 4.78 is 28.2. The van der Waals surface area contributed by atoms with Crippen molar-refractivity contribution in [1.29, 1.82) is 0 Å². The van der Waals surface area contributed by atoms with Crippen LogP contribution in [-0.2, 0) is 19.4 Å². The van der Waals surface area contributed by atoms with Crippen molar-refractivity contribution < 1.29 is 17.9 Å². The lowest BCUT2D eigenvalue weighted by Gasteiger charge is -2.16. The minimum Gasteiger partial charge on any atom is -0.468 e. The maximum absolute atomic E-state index is 11.7. The fourth-order valence-corrected chi connectivity index (χ4v) is 5.14. The van der Waals surface area contributed by atoms with Gasteiger partial charge in [0, 0.05) is 11.5 Å². The standard InChI is InChI=1S/C21H22O4S2/c1-25-20(22)14-26-19-13-12-18(21(19)16-6-4-3-5-7-16)15-8-10-17(11-9-15)27(2,23)24/h3-11,19H,12-14H2,1-2H3. The molecule has 27 heavy (non-hydrogen) atoms. The van der Waals surface area contributed by atoms with Crippen molar-refractivity contribution in [3.63, 3.8) is 0 Å². The minimum absolute atomic E-state index is 0.205. The first-order valence-electron chi connectivity index (χ1n) is 8.67. The number of hydrogen-bond acceptors (Lipinski definition) is 5. The second-order valence-corrected chi connectivity index (χ2v) is 9.68. The Kier molecular flexibility index (Phi) is 6.07. The van der Waals surface area contributed by atoms with E-state index in [4.69, 9.17) is 4.74 Å². The van der Waals surface area contributed by atoms with E-state index in [1.54, 1.807) is 23.9 Å². The Morgan fingerprint density at radius 1 is 1.07 bits per heavy atom. The molecule has 0 spiro atoms. The van der Waals surface area contributed by atoms with Crippen LogP contribution >= 0.6 is 11.8 Å². The smallest absolute Gasteiger partial charge is 0.315 e. The molecule has 0 N–H and O–H groups in total. The van der Waals surface area contributed by atoms with Gasteiger partial charge in [0.05, 0.1) is 17.8 Å². The number of carbonyl (C=O) groups is 1. The molecule has 0 fully saturated rings. The molecule has 1 atom stereocenters. The second kappa shape index (κ2) is 8.31. The number of hydrogen-bond donors (Lipinski definition) is 0. The summed E-state index contributed by atoms with van der Waals surface area (Å²) in [5.74, 6) is 0.0935. The zero-order valence-corrected chi connectivity index (χ0v) is 17.0. The molecule has 0 bridgehead atoms. The van der Waals surface area contributed by atoms with E-state index < -0.39 is 9.84 Å². The zero-order valence-electron chi connectivity index (χ0n) is 15.3. The van der Waals surface area contributed by atoms with Crippen LogP contribution in [0.2, 0.25) is 0 Å². The minimum atomic E-state index is -3.21. The van der Waals surface area contributed by atoms with Crippen LogP contribution in [0.4, 0.5) is 0 Å². The van der Waals surface area contributed by atoms with E-state index in [9.17, 15) is 13.2 Å². The molecule has 0 amide bonds.